The summed E-state index contributed by atoms with van der Waals surface area (Å²) in [5.41, 5.74) is 1.74. The van der Waals surface area contributed by atoms with Gasteiger partial charge in [0.05, 0.1) is 13.3 Å². The first-order valence-electron chi connectivity index (χ1n) is 6.59. The number of H-pyrrole nitrogens is 1. The van der Waals surface area contributed by atoms with Gasteiger partial charge in [0, 0.05) is 17.7 Å². The van der Waals surface area contributed by atoms with Crippen molar-refractivity contribution in [1.29, 1.82) is 5.26 Å². The lowest BCUT2D eigenvalue weighted by atomic mass is 10.0. The molecule has 0 unspecified atom stereocenters. The summed E-state index contributed by atoms with van der Waals surface area (Å²) in [7, 11) is 0. The number of alkyl halides is 1. The Morgan fingerprint density at radius 3 is 2.67 bits per heavy atom. The zero-order valence-electron chi connectivity index (χ0n) is 11.6. The monoisotopic (exact) mass is 286 g/mol. The molecule has 0 atom stereocenters. The SMILES string of the molecule is Cc1cc(-c2ccc(OCCCF)cc2)c(C#N)c(=O)[nH]1. The Morgan fingerprint density at radius 2 is 2.05 bits per heavy atom. The first kappa shape index (κ1) is 14.8. The van der Waals surface area contributed by atoms with Gasteiger partial charge in [-0.15, -0.1) is 0 Å². The number of nitriles is 1. The second-order valence-electron chi connectivity index (χ2n) is 4.60. The summed E-state index contributed by atoms with van der Waals surface area (Å²) >= 11 is 0. The van der Waals surface area contributed by atoms with E-state index < -0.39 is 12.2 Å². The summed E-state index contributed by atoms with van der Waals surface area (Å²) in [4.78, 5) is 14.4. The number of ether oxygens (including phenoxy) is 1. The maximum absolute atomic E-state index is 12.0. The molecule has 0 radical (unpaired) electrons. The molecule has 1 aromatic heterocycles. The van der Waals surface area contributed by atoms with Crippen LogP contribution in [0.5, 0.6) is 5.75 Å². The maximum Gasteiger partial charge on any atom is 0.266 e. The van der Waals surface area contributed by atoms with E-state index in [2.05, 4.69) is 4.98 Å². The van der Waals surface area contributed by atoms with Crippen molar-refractivity contribution in [3.63, 3.8) is 0 Å². The van der Waals surface area contributed by atoms with Gasteiger partial charge in [0.1, 0.15) is 17.4 Å². The van der Waals surface area contributed by atoms with Crippen LogP contribution in [-0.2, 0) is 0 Å². The normalized spacial score (nSPS) is 10.1. The molecule has 5 heteroatoms. The van der Waals surface area contributed by atoms with Crippen LogP contribution in [0, 0.1) is 18.3 Å². The van der Waals surface area contributed by atoms with Crippen molar-refractivity contribution >= 4 is 0 Å². The number of halogens is 1. The van der Waals surface area contributed by atoms with Gasteiger partial charge in [-0.2, -0.15) is 5.26 Å². The molecule has 0 amide bonds. The molecular formula is C16H15FN2O2. The molecule has 0 bridgehead atoms. The molecule has 21 heavy (non-hydrogen) atoms. The van der Waals surface area contributed by atoms with E-state index in [-0.39, 0.29) is 5.56 Å². The molecule has 0 fully saturated rings. The topological polar surface area (TPSA) is 65.9 Å². The maximum atomic E-state index is 12.0. The predicted molar refractivity (Wildman–Crippen MR) is 78.0 cm³/mol. The van der Waals surface area contributed by atoms with E-state index in [1.54, 1.807) is 37.3 Å². The van der Waals surface area contributed by atoms with E-state index in [0.29, 0.717) is 30.0 Å². The second kappa shape index (κ2) is 6.71. The summed E-state index contributed by atoms with van der Waals surface area (Å²) in [6.07, 6.45) is 0.355. The van der Waals surface area contributed by atoms with E-state index >= 15 is 0 Å². The van der Waals surface area contributed by atoms with Gasteiger partial charge in [0.2, 0.25) is 0 Å². The number of nitrogens with zero attached hydrogens (tertiary/aromatic N) is 1. The van der Waals surface area contributed by atoms with E-state index in [9.17, 15) is 9.18 Å². The fraction of sp³-hybridized carbons (Fsp3) is 0.250. The van der Waals surface area contributed by atoms with Gasteiger partial charge in [-0.3, -0.25) is 9.18 Å². The lowest BCUT2D eigenvalue weighted by Crippen LogP contribution is -2.12. The number of rotatable bonds is 5. The lowest BCUT2D eigenvalue weighted by molar-refractivity contribution is 0.289. The Hall–Kier alpha value is -2.61. The standard InChI is InChI=1S/C16H15FN2O2/c1-11-9-14(15(10-18)16(20)19-11)12-3-5-13(6-4-12)21-8-2-7-17/h3-6,9H,2,7-8H2,1H3,(H,19,20). The van der Waals surface area contributed by atoms with E-state index in [0.717, 1.165) is 5.56 Å². The van der Waals surface area contributed by atoms with Crippen molar-refractivity contribution in [1.82, 2.24) is 4.98 Å². The zero-order valence-corrected chi connectivity index (χ0v) is 11.6. The number of aryl methyl sites for hydroxylation is 1. The Balaban J connectivity index is 2.31. The van der Waals surface area contributed by atoms with Gasteiger partial charge in [-0.05, 0) is 30.7 Å². The third kappa shape index (κ3) is 3.48. The van der Waals surface area contributed by atoms with Gasteiger partial charge in [0.15, 0.2) is 0 Å². The summed E-state index contributed by atoms with van der Waals surface area (Å²) in [6.45, 7) is 1.68. The van der Waals surface area contributed by atoms with Crippen molar-refractivity contribution in [3.05, 3.63) is 51.9 Å². The Morgan fingerprint density at radius 1 is 1.33 bits per heavy atom. The molecule has 2 aromatic rings. The Bertz CT molecular complexity index is 715. The number of nitrogens with one attached hydrogen (secondary N) is 1. The van der Waals surface area contributed by atoms with Crippen LogP contribution in [-0.4, -0.2) is 18.3 Å². The molecule has 1 N–H and O–H groups in total. The third-order valence-corrected chi connectivity index (χ3v) is 2.99. The predicted octanol–water partition coefficient (Wildman–Crippen LogP) is 2.96. The Kier molecular flexibility index (Phi) is 4.72. The van der Waals surface area contributed by atoms with Crippen molar-refractivity contribution in [2.24, 2.45) is 0 Å². The van der Waals surface area contributed by atoms with E-state index in [1.807, 2.05) is 6.07 Å². The van der Waals surface area contributed by atoms with Gasteiger partial charge in [0.25, 0.3) is 5.56 Å². The van der Waals surface area contributed by atoms with Crippen molar-refractivity contribution < 1.29 is 9.13 Å². The molecule has 0 aliphatic rings. The van der Waals surface area contributed by atoms with Gasteiger partial charge >= 0.3 is 0 Å². The van der Waals surface area contributed by atoms with Gasteiger partial charge in [-0.25, -0.2) is 0 Å². The highest BCUT2D eigenvalue weighted by molar-refractivity contribution is 5.70. The van der Waals surface area contributed by atoms with Crippen LogP contribution in [0.25, 0.3) is 11.1 Å². The summed E-state index contributed by atoms with van der Waals surface area (Å²) in [5, 5.41) is 9.12. The summed E-state index contributed by atoms with van der Waals surface area (Å²) in [6, 6.07) is 10.7. The van der Waals surface area contributed by atoms with Crippen molar-refractivity contribution in [2.45, 2.75) is 13.3 Å². The minimum Gasteiger partial charge on any atom is -0.493 e. The highest BCUT2D eigenvalue weighted by Gasteiger charge is 2.10. The molecule has 0 saturated carbocycles. The fourth-order valence-corrected chi connectivity index (χ4v) is 2.00. The average Bonchev–Trinajstić information content (AvgIpc) is 2.47. The largest absolute Gasteiger partial charge is 0.493 e. The van der Waals surface area contributed by atoms with Gasteiger partial charge in [-0.1, -0.05) is 12.1 Å². The molecule has 4 nitrogen and oxygen atoms in total. The van der Waals surface area contributed by atoms with Crippen LogP contribution in [0.3, 0.4) is 0 Å². The molecule has 0 spiro atoms. The highest BCUT2D eigenvalue weighted by Crippen LogP contribution is 2.24. The van der Waals surface area contributed by atoms with Crippen molar-refractivity contribution in [3.8, 4) is 22.9 Å². The quantitative estimate of drug-likeness (QED) is 0.859. The molecule has 1 aromatic carbocycles. The van der Waals surface area contributed by atoms with Crippen LogP contribution < -0.4 is 10.3 Å². The molecule has 0 aliphatic heterocycles. The molecule has 108 valence electrons. The Labute approximate surface area is 121 Å². The van der Waals surface area contributed by atoms with Crippen LogP contribution in [0.1, 0.15) is 17.7 Å². The number of hydrogen-bond donors (Lipinski definition) is 1. The smallest absolute Gasteiger partial charge is 0.266 e. The number of aromatic amines is 1. The summed E-state index contributed by atoms with van der Waals surface area (Å²) < 4.78 is 17.4. The van der Waals surface area contributed by atoms with E-state index in [4.69, 9.17) is 10.00 Å². The number of aromatic nitrogens is 1. The second-order valence-corrected chi connectivity index (χ2v) is 4.60. The van der Waals surface area contributed by atoms with Gasteiger partial charge < -0.3 is 9.72 Å². The summed E-state index contributed by atoms with van der Waals surface area (Å²) in [5.74, 6) is 0.632. The molecule has 1 heterocycles. The number of pyridine rings is 1. The third-order valence-electron chi connectivity index (χ3n) is 2.99. The average molecular weight is 286 g/mol. The molecule has 2 rings (SSSR count). The molecular weight excluding hydrogens is 271 g/mol. The number of benzene rings is 1. The van der Waals surface area contributed by atoms with Crippen LogP contribution in [0.15, 0.2) is 35.1 Å². The lowest BCUT2D eigenvalue weighted by Gasteiger charge is -2.08. The van der Waals surface area contributed by atoms with Crippen LogP contribution in [0.2, 0.25) is 0 Å². The fourth-order valence-electron chi connectivity index (χ4n) is 2.00. The van der Waals surface area contributed by atoms with E-state index in [1.165, 1.54) is 0 Å². The minimum atomic E-state index is -0.407. The van der Waals surface area contributed by atoms with Crippen LogP contribution in [0.4, 0.5) is 4.39 Å². The highest BCUT2D eigenvalue weighted by atomic mass is 19.1. The zero-order chi connectivity index (χ0) is 15.2. The minimum absolute atomic E-state index is 0.0895. The number of hydrogen-bond acceptors (Lipinski definition) is 3. The first-order valence-corrected chi connectivity index (χ1v) is 6.59. The molecule has 0 aliphatic carbocycles. The van der Waals surface area contributed by atoms with Crippen molar-refractivity contribution in [2.75, 3.05) is 13.3 Å². The van der Waals surface area contributed by atoms with Crippen LogP contribution >= 0.6 is 0 Å². The molecule has 0 saturated heterocycles. The first-order chi connectivity index (χ1) is 10.2.